The molecular formula is C7H13F2NO2S. The summed E-state index contributed by atoms with van der Waals surface area (Å²) < 4.78 is 45.9. The van der Waals surface area contributed by atoms with Crippen LogP contribution in [0.4, 0.5) is 8.78 Å². The van der Waals surface area contributed by atoms with Gasteiger partial charge in [-0.15, -0.1) is 0 Å². The molecule has 2 unspecified atom stereocenters. The van der Waals surface area contributed by atoms with Crippen molar-refractivity contribution in [2.45, 2.75) is 25.3 Å². The van der Waals surface area contributed by atoms with Crippen molar-refractivity contribution >= 4 is 9.84 Å². The van der Waals surface area contributed by atoms with E-state index in [0.717, 1.165) is 0 Å². The average Bonchev–Trinajstić information content (AvgIpc) is 2.30. The summed E-state index contributed by atoms with van der Waals surface area (Å²) in [6.07, 6.45) is -1.97. The number of hydrogen-bond donors (Lipinski definition) is 1. The van der Waals surface area contributed by atoms with Gasteiger partial charge in [0, 0.05) is 0 Å². The molecule has 0 amide bonds. The van der Waals surface area contributed by atoms with Gasteiger partial charge in [-0.3, -0.25) is 0 Å². The Balaban J connectivity index is 2.41. The molecule has 0 saturated carbocycles. The van der Waals surface area contributed by atoms with Crippen LogP contribution in [0, 0.1) is 5.92 Å². The summed E-state index contributed by atoms with van der Waals surface area (Å²) >= 11 is 0. The molecule has 1 heterocycles. The Morgan fingerprint density at radius 2 is 2.08 bits per heavy atom. The first kappa shape index (κ1) is 10.8. The molecule has 3 nitrogen and oxygen atoms in total. The lowest BCUT2D eigenvalue weighted by molar-refractivity contribution is 0.105. The summed E-state index contributed by atoms with van der Waals surface area (Å²) in [7, 11) is -2.97. The lowest BCUT2D eigenvalue weighted by Crippen LogP contribution is -2.31. The fourth-order valence-electron chi connectivity index (χ4n) is 1.55. The molecule has 78 valence electrons. The van der Waals surface area contributed by atoms with E-state index in [1.54, 1.807) is 0 Å². The Labute approximate surface area is 76.2 Å². The molecule has 13 heavy (non-hydrogen) atoms. The largest absolute Gasteiger partial charge is 0.323 e. The van der Waals surface area contributed by atoms with Gasteiger partial charge >= 0.3 is 0 Å². The number of halogens is 2. The third-order valence-electron chi connectivity index (χ3n) is 2.26. The second-order valence-corrected chi connectivity index (χ2v) is 5.73. The molecule has 1 fully saturated rings. The molecular weight excluding hydrogens is 200 g/mol. The Kier molecular flexibility index (Phi) is 3.23. The number of rotatable bonds is 3. The van der Waals surface area contributed by atoms with Gasteiger partial charge in [-0.25, -0.2) is 17.2 Å². The first-order chi connectivity index (χ1) is 5.91. The van der Waals surface area contributed by atoms with Gasteiger partial charge in [-0.1, -0.05) is 0 Å². The van der Waals surface area contributed by atoms with E-state index in [-0.39, 0.29) is 23.8 Å². The van der Waals surface area contributed by atoms with Crippen LogP contribution in [-0.2, 0) is 9.84 Å². The van der Waals surface area contributed by atoms with Crippen molar-refractivity contribution in [2.75, 3.05) is 11.5 Å². The molecule has 0 aromatic carbocycles. The van der Waals surface area contributed by atoms with Crippen LogP contribution in [0.1, 0.15) is 12.8 Å². The SMILES string of the molecule is NC(CC1CCS(=O)(=O)C1)C(F)F. The van der Waals surface area contributed by atoms with E-state index in [2.05, 4.69) is 0 Å². The van der Waals surface area contributed by atoms with Crippen LogP contribution in [0.3, 0.4) is 0 Å². The van der Waals surface area contributed by atoms with E-state index >= 15 is 0 Å². The summed E-state index contributed by atoms with van der Waals surface area (Å²) in [5.74, 6) is -0.0323. The zero-order chi connectivity index (χ0) is 10.1. The highest BCUT2D eigenvalue weighted by Crippen LogP contribution is 2.23. The molecule has 2 atom stereocenters. The van der Waals surface area contributed by atoms with Gasteiger partial charge in [0.25, 0.3) is 6.43 Å². The topological polar surface area (TPSA) is 60.2 Å². The molecule has 0 bridgehead atoms. The second-order valence-electron chi connectivity index (χ2n) is 3.50. The van der Waals surface area contributed by atoms with Crippen LogP contribution in [0.25, 0.3) is 0 Å². The molecule has 0 spiro atoms. The van der Waals surface area contributed by atoms with Crippen molar-refractivity contribution in [1.29, 1.82) is 0 Å². The van der Waals surface area contributed by atoms with Crippen LogP contribution in [0.5, 0.6) is 0 Å². The zero-order valence-electron chi connectivity index (χ0n) is 7.12. The van der Waals surface area contributed by atoms with E-state index in [1.807, 2.05) is 0 Å². The number of alkyl halides is 2. The first-order valence-corrected chi connectivity index (χ1v) is 5.97. The van der Waals surface area contributed by atoms with E-state index in [4.69, 9.17) is 5.73 Å². The molecule has 1 aliphatic rings. The summed E-state index contributed by atoms with van der Waals surface area (Å²) in [4.78, 5) is 0. The van der Waals surface area contributed by atoms with Gasteiger partial charge in [0.2, 0.25) is 0 Å². The maximum Gasteiger partial charge on any atom is 0.253 e. The molecule has 1 rings (SSSR count). The Morgan fingerprint density at radius 3 is 2.46 bits per heavy atom. The van der Waals surface area contributed by atoms with Crippen molar-refractivity contribution in [2.24, 2.45) is 11.7 Å². The minimum absolute atomic E-state index is 0.0212. The third-order valence-corrected chi connectivity index (χ3v) is 4.09. The Hall–Kier alpha value is -0.230. The summed E-state index contributed by atoms with van der Waals surface area (Å²) in [6.45, 7) is 0. The van der Waals surface area contributed by atoms with Crippen LogP contribution in [0.2, 0.25) is 0 Å². The number of nitrogens with two attached hydrogens (primary N) is 1. The van der Waals surface area contributed by atoms with E-state index in [1.165, 1.54) is 0 Å². The summed E-state index contributed by atoms with van der Waals surface area (Å²) in [6, 6.07) is -1.18. The highest BCUT2D eigenvalue weighted by molar-refractivity contribution is 7.91. The van der Waals surface area contributed by atoms with Crippen molar-refractivity contribution in [3.8, 4) is 0 Å². The van der Waals surface area contributed by atoms with Gasteiger partial charge in [-0.2, -0.15) is 0 Å². The molecule has 2 N–H and O–H groups in total. The third kappa shape index (κ3) is 3.19. The predicted octanol–water partition coefficient (Wildman–Crippen LogP) is 0.404. The molecule has 0 aromatic rings. The molecule has 0 aliphatic carbocycles. The maximum absolute atomic E-state index is 12.0. The standard InChI is InChI=1S/C7H13F2NO2S/c8-7(9)6(10)3-5-1-2-13(11,12)4-5/h5-7H,1-4,10H2. The lowest BCUT2D eigenvalue weighted by atomic mass is 10.0. The van der Waals surface area contributed by atoms with E-state index in [9.17, 15) is 17.2 Å². The van der Waals surface area contributed by atoms with Crippen molar-refractivity contribution in [3.63, 3.8) is 0 Å². The van der Waals surface area contributed by atoms with Crippen molar-refractivity contribution in [1.82, 2.24) is 0 Å². The second kappa shape index (κ2) is 3.88. The van der Waals surface area contributed by atoms with Crippen molar-refractivity contribution in [3.05, 3.63) is 0 Å². The fraction of sp³-hybridized carbons (Fsp3) is 1.00. The Bertz CT molecular complexity index is 266. The van der Waals surface area contributed by atoms with Gasteiger partial charge < -0.3 is 5.73 Å². The zero-order valence-corrected chi connectivity index (χ0v) is 7.93. The van der Waals surface area contributed by atoms with Gasteiger partial charge in [0.1, 0.15) is 0 Å². The van der Waals surface area contributed by atoms with Crippen LogP contribution >= 0.6 is 0 Å². The molecule has 0 radical (unpaired) electrons. The smallest absolute Gasteiger partial charge is 0.253 e. The van der Waals surface area contributed by atoms with Crippen LogP contribution in [0.15, 0.2) is 0 Å². The first-order valence-electron chi connectivity index (χ1n) is 4.15. The summed E-state index contributed by atoms with van der Waals surface area (Å²) in [5.41, 5.74) is 5.14. The molecule has 1 aliphatic heterocycles. The Morgan fingerprint density at radius 1 is 1.46 bits per heavy atom. The van der Waals surface area contributed by atoms with Gasteiger partial charge in [0.05, 0.1) is 17.5 Å². The maximum atomic E-state index is 12.0. The minimum atomic E-state index is -2.97. The van der Waals surface area contributed by atoms with Gasteiger partial charge in [0.15, 0.2) is 9.84 Å². The van der Waals surface area contributed by atoms with Crippen LogP contribution < -0.4 is 5.73 Å². The monoisotopic (exact) mass is 213 g/mol. The highest BCUT2D eigenvalue weighted by atomic mass is 32.2. The minimum Gasteiger partial charge on any atom is -0.323 e. The van der Waals surface area contributed by atoms with E-state index in [0.29, 0.717) is 6.42 Å². The number of sulfone groups is 1. The molecule has 0 aromatic heterocycles. The van der Waals surface area contributed by atoms with Crippen molar-refractivity contribution < 1.29 is 17.2 Å². The normalized spacial score (nSPS) is 29.4. The summed E-state index contributed by atoms with van der Waals surface area (Å²) in [5, 5.41) is 0. The fourth-order valence-corrected chi connectivity index (χ4v) is 3.43. The van der Waals surface area contributed by atoms with Gasteiger partial charge in [-0.05, 0) is 18.8 Å². The average molecular weight is 213 g/mol. The molecule has 1 saturated heterocycles. The number of hydrogen-bond acceptors (Lipinski definition) is 3. The van der Waals surface area contributed by atoms with Crippen LogP contribution in [-0.4, -0.2) is 32.4 Å². The quantitative estimate of drug-likeness (QED) is 0.738. The lowest BCUT2D eigenvalue weighted by Gasteiger charge is -2.13. The molecule has 6 heteroatoms. The highest BCUT2D eigenvalue weighted by Gasteiger charge is 2.30. The van der Waals surface area contributed by atoms with E-state index < -0.39 is 22.3 Å². The predicted molar refractivity (Wildman–Crippen MR) is 45.4 cm³/mol.